The van der Waals surface area contributed by atoms with E-state index in [0.717, 1.165) is 23.0 Å². The normalized spacial score (nSPS) is 12.3. The third kappa shape index (κ3) is 5.67. The molecule has 0 unspecified atom stereocenters. The lowest BCUT2D eigenvalue weighted by molar-refractivity contribution is -0.137. The van der Waals surface area contributed by atoms with Gasteiger partial charge in [-0.15, -0.1) is 0 Å². The molecule has 3 rings (SSSR count). The summed E-state index contributed by atoms with van der Waals surface area (Å²) >= 11 is 0. The molecule has 2 aromatic carbocycles. The summed E-state index contributed by atoms with van der Waals surface area (Å²) in [6.45, 7) is 2.20. The molecule has 9 heteroatoms. The number of hydrogen-bond acceptors (Lipinski definition) is 5. The van der Waals surface area contributed by atoms with E-state index < -0.39 is 23.2 Å². The van der Waals surface area contributed by atoms with E-state index in [1.165, 1.54) is 12.1 Å². The van der Waals surface area contributed by atoms with Crippen molar-refractivity contribution in [2.45, 2.75) is 31.8 Å². The van der Waals surface area contributed by atoms with Gasteiger partial charge in [0.15, 0.2) is 0 Å². The van der Waals surface area contributed by atoms with Crippen LogP contribution in [-0.4, -0.2) is 46.0 Å². The topological polar surface area (TPSA) is 83.7 Å². The lowest BCUT2D eigenvalue weighted by Gasteiger charge is -2.26. The zero-order valence-electron chi connectivity index (χ0n) is 17.5. The molecule has 0 atom stereocenters. The van der Waals surface area contributed by atoms with Crippen molar-refractivity contribution < 1.29 is 32.9 Å². The Morgan fingerprint density at radius 2 is 1.75 bits per heavy atom. The largest absolute Gasteiger partial charge is 0.457 e. The van der Waals surface area contributed by atoms with Crippen LogP contribution in [0.25, 0.3) is 10.9 Å². The quantitative estimate of drug-likeness (QED) is 0.436. The maximum atomic E-state index is 12.6. The van der Waals surface area contributed by atoms with Gasteiger partial charge >= 0.3 is 12.1 Å². The maximum absolute atomic E-state index is 12.6. The molecule has 32 heavy (non-hydrogen) atoms. The Labute approximate surface area is 183 Å². The summed E-state index contributed by atoms with van der Waals surface area (Å²) in [5.41, 5.74) is 0.0542. The molecule has 1 aromatic heterocycles. The van der Waals surface area contributed by atoms with E-state index in [4.69, 9.17) is 4.74 Å². The number of aromatic nitrogens is 1. The number of alkyl halides is 3. The van der Waals surface area contributed by atoms with E-state index in [0.29, 0.717) is 24.2 Å². The van der Waals surface area contributed by atoms with Crippen molar-refractivity contribution >= 4 is 16.9 Å². The molecule has 0 radical (unpaired) electrons. The van der Waals surface area contributed by atoms with Crippen LogP contribution in [0.15, 0.2) is 54.7 Å². The van der Waals surface area contributed by atoms with Crippen LogP contribution in [0.2, 0.25) is 0 Å². The van der Waals surface area contributed by atoms with Gasteiger partial charge in [0.25, 0.3) is 0 Å². The third-order valence-corrected chi connectivity index (χ3v) is 5.26. The van der Waals surface area contributed by atoms with Crippen molar-refractivity contribution in [1.29, 1.82) is 0 Å². The second kappa shape index (κ2) is 9.72. The van der Waals surface area contributed by atoms with Crippen molar-refractivity contribution in [1.82, 2.24) is 9.88 Å². The van der Waals surface area contributed by atoms with Gasteiger partial charge in [0, 0.05) is 24.8 Å². The molecule has 0 saturated carbocycles. The minimum Gasteiger partial charge on any atom is -0.457 e. The van der Waals surface area contributed by atoms with Crippen LogP contribution >= 0.6 is 0 Å². The molecule has 0 amide bonds. The molecular weight excluding hydrogens is 425 g/mol. The van der Waals surface area contributed by atoms with Crippen LogP contribution in [0.5, 0.6) is 0 Å². The number of rotatable bonds is 9. The maximum Gasteiger partial charge on any atom is 0.416 e. The lowest BCUT2D eigenvalue weighted by atomic mass is 10.1. The number of esters is 1. The number of aliphatic hydroxyl groups is 2. The number of aliphatic hydroxyl groups excluding tert-OH is 2. The highest BCUT2D eigenvalue weighted by Gasteiger charge is 2.30. The highest BCUT2D eigenvalue weighted by Crippen LogP contribution is 2.29. The van der Waals surface area contributed by atoms with Crippen LogP contribution in [-0.2, 0) is 24.1 Å². The number of nitrogens with one attached hydrogen (secondary N) is 1. The first-order valence-electron chi connectivity index (χ1n) is 10.0. The number of carbonyl (C=O) groups excluding carboxylic acids is 1. The standard InChI is InChI=1S/C23H25F3N2O4/c1-22(14-29,15-30)27-9-11-28-10-8-17-4-5-18(12-20(17)28)21(31)32-13-16-2-6-19(7-3-16)23(24,25)26/h2-8,10,12,27,29-30H,9,11,13-15H2,1H3. The summed E-state index contributed by atoms with van der Waals surface area (Å²) in [6.07, 6.45) is -2.54. The van der Waals surface area contributed by atoms with Crippen LogP contribution in [0, 0.1) is 0 Å². The summed E-state index contributed by atoms with van der Waals surface area (Å²) < 4.78 is 45.1. The number of carbonyl (C=O) groups is 1. The predicted molar refractivity (Wildman–Crippen MR) is 113 cm³/mol. The third-order valence-electron chi connectivity index (χ3n) is 5.26. The molecule has 0 bridgehead atoms. The molecule has 0 saturated heterocycles. The van der Waals surface area contributed by atoms with Gasteiger partial charge in [0.05, 0.1) is 29.9 Å². The second-order valence-corrected chi connectivity index (χ2v) is 7.86. The second-order valence-electron chi connectivity index (χ2n) is 7.86. The Hall–Kier alpha value is -2.88. The van der Waals surface area contributed by atoms with Gasteiger partial charge < -0.3 is 24.8 Å². The number of ether oxygens (including phenoxy) is 1. The van der Waals surface area contributed by atoms with Gasteiger partial charge in [0.1, 0.15) is 6.61 Å². The Morgan fingerprint density at radius 3 is 2.38 bits per heavy atom. The van der Waals surface area contributed by atoms with Gasteiger partial charge in [-0.2, -0.15) is 13.2 Å². The van der Waals surface area contributed by atoms with E-state index in [1.54, 1.807) is 25.1 Å². The molecule has 3 N–H and O–H groups in total. The SMILES string of the molecule is CC(CO)(CO)NCCn1ccc2ccc(C(=O)OCc3ccc(C(F)(F)F)cc3)cc21. The van der Waals surface area contributed by atoms with Crippen LogP contribution in [0.4, 0.5) is 13.2 Å². The Kier molecular flexibility index (Phi) is 7.22. The average molecular weight is 450 g/mol. The van der Waals surface area contributed by atoms with Crippen molar-refractivity contribution in [2.24, 2.45) is 0 Å². The number of hydrogen-bond donors (Lipinski definition) is 3. The van der Waals surface area contributed by atoms with Crippen molar-refractivity contribution in [3.05, 3.63) is 71.4 Å². The summed E-state index contributed by atoms with van der Waals surface area (Å²) in [5, 5.41) is 22.8. The Morgan fingerprint density at radius 1 is 1.06 bits per heavy atom. The van der Waals surface area contributed by atoms with Gasteiger partial charge in [0.2, 0.25) is 0 Å². The molecule has 0 aliphatic carbocycles. The minimum absolute atomic E-state index is 0.138. The van der Waals surface area contributed by atoms with Crippen LogP contribution in [0.3, 0.4) is 0 Å². The Bertz CT molecular complexity index is 1060. The molecule has 6 nitrogen and oxygen atoms in total. The van der Waals surface area contributed by atoms with E-state index in [9.17, 15) is 28.2 Å². The number of benzene rings is 2. The molecule has 0 aliphatic heterocycles. The fraction of sp³-hybridized carbons (Fsp3) is 0.348. The summed E-state index contributed by atoms with van der Waals surface area (Å²) in [7, 11) is 0. The first-order valence-corrected chi connectivity index (χ1v) is 10.0. The molecular formula is C23H25F3N2O4. The highest BCUT2D eigenvalue weighted by atomic mass is 19.4. The molecule has 172 valence electrons. The van der Waals surface area contributed by atoms with E-state index in [1.807, 2.05) is 16.8 Å². The summed E-state index contributed by atoms with van der Waals surface area (Å²) in [5.74, 6) is -0.578. The first-order chi connectivity index (χ1) is 15.1. The fourth-order valence-electron chi connectivity index (χ4n) is 3.17. The first kappa shape index (κ1) is 23.8. The zero-order chi connectivity index (χ0) is 23.4. The van der Waals surface area contributed by atoms with Gasteiger partial charge in [-0.3, -0.25) is 0 Å². The van der Waals surface area contributed by atoms with Crippen molar-refractivity contribution in [3.63, 3.8) is 0 Å². The van der Waals surface area contributed by atoms with Gasteiger partial charge in [-0.1, -0.05) is 18.2 Å². The van der Waals surface area contributed by atoms with E-state index in [-0.39, 0.29) is 19.8 Å². The van der Waals surface area contributed by atoms with Crippen LogP contribution < -0.4 is 5.32 Å². The average Bonchev–Trinajstić information content (AvgIpc) is 3.19. The molecule has 0 fully saturated rings. The summed E-state index contributed by atoms with van der Waals surface area (Å²) in [4.78, 5) is 12.5. The molecule has 1 heterocycles. The van der Waals surface area contributed by atoms with Gasteiger partial charge in [-0.25, -0.2) is 4.79 Å². The zero-order valence-corrected chi connectivity index (χ0v) is 17.5. The predicted octanol–water partition coefficient (Wildman–Crippen LogP) is 3.35. The molecule has 0 spiro atoms. The van der Waals surface area contributed by atoms with Crippen molar-refractivity contribution in [2.75, 3.05) is 19.8 Å². The summed E-state index contributed by atoms with van der Waals surface area (Å²) in [6, 6.07) is 11.5. The molecule has 0 aliphatic rings. The fourth-order valence-corrected chi connectivity index (χ4v) is 3.17. The smallest absolute Gasteiger partial charge is 0.416 e. The van der Waals surface area contributed by atoms with E-state index >= 15 is 0 Å². The highest BCUT2D eigenvalue weighted by molar-refractivity contribution is 5.94. The Balaban J connectivity index is 1.64. The molecule has 3 aromatic rings. The minimum atomic E-state index is -4.41. The monoisotopic (exact) mass is 450 g/mol. The number of nitrogens with zero attached hydrogens (tertiary/aromatic N) is 1. The number of fused-ring (bicyclic) bond motifs is 1. The van der Waals surface area contributed by atoms with Crippen LogP contribution in [0.1, 0.15) is 28.4 Å². The van der Waals surface area contributed by atoms with Gasteiger partial charge in [-0.05, 0) is 48.2 Å². The van der Waals surface area contributed by atoms with Crippen molar-refractivity contribution in [3.8, 4) is 0 Å². The number of halogens is 3. The lowest BCUT2D eigenvalue weighted by Crippen LogP contribution is -2.49. The van der Waals surface area contributed by atoms with E-state index in [2.05, 4.69) is 5.32 Å².